The highest BCUT2D eigenvalue weighted by molar-refractivity contribution is 6.80. The van der Waals surface area contributed by atoms with Crippen molar-refractivity contribution in [2.45, 2.75) is 13.1 Å². The summed E-state index contributed by atoms with van der Waals surface area (Å²) in [6.07, 6.45) is 5.65. The molecule has 0 radical (unpaired) electrons. The summed E-state index contributed by atoms with van der Waals surface area (Å²) in [7, 11) is -1.38. The molecule has 10 heavy (non-hydrogen) atoms. The van der Waals surface area contributed by atoms with Crippen LogP contribution in [0.1, 0.15) is 0 Å². The molecule has 1 aromatic heterocycles. The van der Waals surface area contributed by atoms with Gasteiger partial charge in [0.1, 0.15) is 0 Å². The van der Waals surface area contributed by atoms with E-state index in [-0.39, 0.29) is 0 Å². The smallest absolute Gasteiger partial charge is 0.180 e. The molecule has 0 aromatic carbocycles. The molecule has 0 fully saturated rings. The van der Waals surface area contributed by atoms with Crippen LogP contribution in [0.3, 0.4) is 0 Å². The first-order chi connectivity index (χ1) is 4.67. The van der Waals surface area contributed by atoms with E-state index in [0.717, 1.165) is 0 Å². The Balaban J connectivity index is 2.95. The molecule has 0 unspecified atom stereocenters. The number of nitrogens with zero attached hydrogens (tertiary/aromatic N) is 2. The summed E-state index contributed by atoms with van der Waals surface area (Å²) in [4.78, 5) is 3.99. The second-order valence-electron chi connectivity index (χ2n) is 2.83. The summed E-state index contributed by atoms with van der Waals surface area (Å²) in [6.45, 7) is 8.25. The van der Waals surface area contributed by atoms with Crippen LogP contribution < -0.4 is 0 Å². The van der Waals surface area contributed by atoms with Gasteiger partial charge < -0.3 is 4.23 Å². The van der Waals surface area contributed by atoms with Crippen LogP contribution in [0.25, 0.3) is 0 Å². The first-order valence-corrected chi connectivity index (χ1v) is 6.31. The molecule has 2 nitrogen and oxygen atoms in total. The fourth-order valence-corrected chi connectivity index (χ4v) is 1.73. The molecule has 0 aliphatic heterocycles. The third kappa shape index (κ3) is 1.18. The Morgan fingerprint density at radius 2 is 2.30 bits per heavy atom. The van der Waals surface area contributed by atoms with Crippen LogP contribution in [0.15, 0.2) is 31.0 Å². The Hall–Kier alpha value is -0.833. The predicted octanol–water partition coefficient (Wildman–Crippen LogP) is 1.66. The van der Waals surface area contributed by atoms with Crippen molar-refractivity contribution >= 4 is 8.24 Å². The Bertz CT molecular complexity index is 214. The number of hydrogen-bond donors (Lipinski definition) is 0. The van der Waals surface area contributed by atoms with Crippen LogP contribution >= 0.6 is 0 Å². The van der Waals surface area contributed by atoms with Gasteiger partial charge in [-0.2, -0.15) is 0 Å². The molecule has 1 rings (SSSR count). The minimum Gasteiger partial charge on any atom is -0.361 e. The number of hydrogen-bond acceptors (Lipinski definition) is 1. The lowest BCUT2D eigenvalue weighted by Crippen LogP contribution is -2.32. The van der Waals surface area contributed by atoms with E-state index in [1.165, 1.54) is 0 Å². The maximum atomic E-state index is 3.99. The van der Waals surface area contributed by atoms with Crippen molar-refractivity contribution in [2.75, 3.05) is 0 Å². The van der Waals surface area contributed by atoms with Crippen LogP contribution in [0.2, 0.25) is 13.1 Å². The van der Waals surface area contributed by atoms with E-state index >= 15 is 0 Å². The number of aromatic nitrogens is 2. The van der Waals surface area contributed by atoms with Crippen LogP contribution in [-0.4, -0.2) is 17.5 Å². The molecule has 0 saturated carbocycles. The van der Waals surface area contributed by atoms with Crippen molar-refractivity contribution in [3.05, 3.63) is 31.0 Å². The predicted molar refractivity (Wildman–Crippen MR) is 45.3 cm³/mol. The molecule has 0 N–H and O–H groups in total. The van der Waals surface area contributed by atoms with Gasteiger partial charge in [-0.05, 0) is 13.1 Å². The average Bonchev–Trinajstić information content (AvgIpc) is 2.38. The fraction of sp³-hybridized carbons (Fsp3) is 0.286. The minimum absolute atomic E-state index is 1.38. The van der Waals surface area contributed by atoms with Crippen LogP contribution in [0.4, 0.5) is 0 Å². The summed E-state index contributed by atoms with van der Waals surface area (Å²) >= 11 is 0. The Kier molecular flexibility index (Phi) is 1.76. The normalized spacial score (nSPS) is 11.4. The Morgan fingerprint density at radius 1 is 1.60 bits per heavy atom. The lowest BCUT2D eigenvalue weighted by atomic mass is 11.0. The molecular weight excluding hydrogens is 140 g/mol. The molecule has 1 aromatic rings. The van der Waals surface area contributed by atoms with Crippen molar-refractivity contribution in [1.82, 2.24) is 9.22 Å². The molecular formula is C7H12N2Si. The maximum absolute atomic E-state index is 3.99. The number of imidazole rings is 1. The summed E-state index contributed by atoms with van der Waals surface area (Å²) in [5.74, 6) is 0. The van der Waals surface area contributed by atoms with Gasteiger partial charge in [-0.25, -0.2) is 4.98 Å². The summed E-state index contributed by atoms with van der Waals surface area (Å²) in [5.41, 5.74) is 2.04. The van der Waals surface area contributed by atoms with Gasteiger partial charge in [0.25, 0.3) is 0 Å². The molecule has 1 heterocycles. The van der Waals surface area contributed by atoms with Gasteiger partial charge in [0.2, 0.25) is 0 Å². The van der Waals surface area contributed by atoms with Crippen LogP contribution in [0, 0.1) is 0 Å². The zero-order valence-corrected chi connectivity index (χ0v) is 7.41. The van der Waals surface area contributed by atoms with E-state index in [4.69, 9.17) is 0 Å². The van der Waals surface area contributed by atoms with E-state index in [0.29, 0.717) is 0 Å². The van der Waals surface area contributed by atoms with E-state index in [1.54, 1.807) is 6.20 Å². The summed E-state index contributed by atoms with van der Waals surface area (Å²) in [6, 6.07) is 0. The zero-order chi connectivity index (χ0) is 7.61. The van der Waals surface area contributed by atoms with Crippen molar-refractivity contribution in [3.63, 3.8) is 0 Å². The monoisotopic (exact) mass is 152 g/mol. The van der Waals surface area contributed by atoms with Crippen molar-refractivity contribution in [1.29, 1.82) is 0 Å². The molecule has 0 bridgehead atoms. The Labute approximate surface area is 62.3 Å². The highest BCUT2D eigenvalue weighted by Crippen LogP contribution is 2.05. The van der Waals surface area contributed by atoms with Gasteiger partial charge >= 0.3 is 0 Å². The van der Waals surface area contributed by atoms with E-state index in [2.05, 4.69) is 28.9 Å². The third-order valence-electron chi connectivity index (χ3n) is 1.67. The van der Waals surface area contributed by atoms with E-state index in [9.17, 15) is 0 Å². The first kappa shape index (κ1) is 7.28. The first-order valence-electron chi connectivity index (χ1n) is 3.29. The molecule has 0 aliphatic carbocycles. The second-order valence-corrected chi connectivity index (χ2v) is 7.06. The quantitative estimate of drug-likeness (QED) is 0.589. The Morgan fingerprint density at radius 3 is 2.70 bits per heavy atom. The van der Waals surface area contributed by atoms with Crippen LogP contribution in [0.5, 0.6) is 0 Å². The molecule has 0 amide bonds. The summed E-state index contributed by atoms with van der Waals surface area (Å²) in [5, 5.41) is 0. The zero-order valence-electron chi connectivity index (χ0n) is 6.41. The van der Waals surface area contributed by atoms with Gasteiger partial charge in [-0.1, -0.05) is 5.70 Å². The maximum Gasteiger partial charge on any atom is 0.180 e. The van der Waals surface area contributed by atoms with Gasteiger partial charge in [-0.15, -0.1) is 6.58 Å². The topological polar surface area (TPSA) is 17.8 Å². The lowest BCUT2D eigenvalue weighted by Gasteiger charge is -2.17. The van der Waals surface area contributed by atoms with E-state index in [1.807, 2.05) is 18.2 Å². The highest BCUT2D eigenvalue weighted by Gasteiger charge is 2.17. The van der Waals surface area contributed by atoms with Gasteiger partial charge in [-0.3, -0.25) is 0 Å². The van der Waals surface area contributed by atoms with Gasteiger partial charge in [0, 0.05) is 12.4 Å². The number of rotatable bonds is 2. The molecule has 0 saturated heterocycles. The largest absolute Gasteiger partial charge is 0.361 e. The van der Waals surface area contributed by atoms with Crippen molar-refractivity contribution < 1.29 is 0 Å². The van der Waals surface area contributed by atoms with Crippen LogP contribution in [-0.2, 0) is 0 Å². The molecule has 0 atom stereocenters. The summed E-state index contributed by atoms with van der Waals surface area (Å²) < 4.78 is 2.15. The fourth-order valence-electron chi connectivity index (χ4n) is 0.705. The van der Waals surface area contributed by atoms with Gasteiger partial charge in [0.15, 0.2) is 8.24 Å². The lowest BCUT2D eigenvalue weighted by molar-refractivity contribution is 1.14. The third-order valence-corrected chi connectivity index (χ3v) is 4.26. The molecule has 54 valence electrons. The highest BCUT2D eigenvalue weighted by atomic mass is 28.3. The van der Waals surface area contributed by atoms with E-state index < -0.39 is 8.24 Å². The molecule has 3 heteroatoms. The molecule has 0 aliphatic rings. The van der Waals surface area contributed by atoms with Crippen molar-refractivity contribution in [3.8, 4) is 0 Å². The molecule has 0 spiro atoms. The van der Waals surface area contributed by atoms with Crippen molar-refractivity contribution in [2.24, 2.45) is 0 Å². The SMILES string of the molecule is C=C[Si](C)(C)n1ccnc1. The second kappa shape index (κ2) is 2.42. The minimum atomic E-state index is -1.38. The average molecular weight is 152 g/mol. The van der Waals surface area contributed by atoms with Gasteiger partial charge in [0.05, 0.1) is 6.33 Å². The standard InChI is InChI=1S/C7H12N2Si/c1-4-10(2,3)9-6-5-8-7-9/h4-7H,1H2,2-3H3.